The van der Waals surface area contributed by atoms with Crippen molar-refractivity contribution in [3.05, 3.63) is 35.4 Å². The summed E-state index contributed by atoms with van der Waals surface area (Å²) in [6.07, 6.45) is 14.1. The molecular formula is C28H39NO. The number of fused-ring (bicyclic) bond motifs is 5. The lowest BCUT2D eigenvalue weighted by Crippen LogP contribution is -2.52. The Morgan fingerprint density at radius 3 is 2.43 bits per heavy atom. The van der Waals surface area contributed by atoms with Crippen molar-refractivity contribution < 1.29 is 4.79 Å². The van der Waals surface area contributed by atoms with Gasteiger partial charge in [-0.3, -0.25) is 4.79 Å². The van der Waals surface area contributed by atoms with Crippen molar-refractivity contribution in [2.24, 2.45) is 34.5 Å². The third kappa shape index (κ3) is 3.00. The molecule has 0 spiro atoms. The van der Waals surface area contributed by atoms with E-state index in [1.54, 1.807) is 0 Å². The van der Waals surface area contributed by atoms with Crippen LogP contribution in [0.2, 0.25) is 0 Å². The Morgan fingerprint density at radius 2 is 1.70 bits per heavy atom. The molecule has 4 fully saturated rings. The lowest BCUT2D eigenvalue weighted by atomic mass is 9.45. The highest BCUT2D eigenvalue weighted by Gasteiger charge is 2.60. The Bertz CT molecular complexity index is 852. The van der Waals surface area contributed by atoms with Gasteiger partial charge < -0.3 is 4.90 Å². The number of rotatable bonds is 2. The van der Waals surface area contributed by atoms with Crippen LogP contribution in [0.3, 0.4) is 0 Å². The fourth-order valence-corrected chi connectivity index (χ4v) is 8.16. The highest BCUT2D eigenvalue weighted by molar-refractivity contribution is 6.06. The van der Waals surface area contributed by atoms with Crippen LogP contribution in [0.25, 0.3) is 6.08 Å². The lowest BCUT2D eigenvalue weighted by molar-refractivity contribution is -0.137. The van der Waals surface area contributed by atoms with E-state index in [4.69, 9.17) is 0 Å². The summed E-state index contributed by atoms with van der Waals surface area (Å²) in [7, 11) is 4.13. The number of anilines is 1. The number of ketones is 1. The monoisotopic (exact) mass is 405 g/mol. The molecule has 162 valence electrons. The normalized spacial score (nSPS) is 41.9. The summed E-state index contributed by atoms with van der Waals surface area (Å²) in [5.41, 5.74) is 3.90. The standard InChI is InChI=1S/C28H39NO/c1-27-15-6-5-7-21(27)10-13-23-24(27)14-16-28(2)25(23)18-20(26(28)30)17-19-8-11-22(12-9-19)29(3)4/h8-9,11-12,17,21,23-25H,5-7,10,13-16,18H2,1-4H3/b20-17+/t21-,23-,24-,25-,27+,28+/m1/s1. The van der Waals surface area contributed by atoms with E-state index >= 15 is 0 Å². The van der Waals surface area contributed by atoms with Crippen LogP contribution in [0.5, 0.6) is 0 Å². The Balaban J connectivity index is 1.42. The van der Waals surface area contributed by atoms with E-state index in [1.165, 1.54) is 56.2 Å². The van der Waals surface area contributed by atoms with Gasteiger partial charge in [0.05, 0.1) is 0 Å². The molecule has 0 amide bonds. The molecule has 30 heavy (non-hydrogen) atoms. The average Bonchev–Trinajstić information content (AvgIpc) is 2.98. The molecule has 0 unspecified atom stereocenters. The van der Waals surface area contributed by atoms with Crippen molar-refractivity contribution >= 4 is 17.5 Å². The van der Waals surface area contributed by atoms with E-state index in [0.717, 1.165) is 36.2 Å². The van der Waals surface area contributed by atoms with Gasteiger partial charge >= 0.3 is 0 Å². The number of benzene rings is 1. The van der Waals surface area contributed by atoms with E-state index < -0.39 is 0 Å². The summed E-state index contributed by atoms with van der Waals surface area (Å²) >= 11 is 0. The number of carbonyl (C=O) groups is 1. The summed E-state index contributed by atoms with van der Waals surface area (Å²) in [6.45, 7) is 4.93. The minimum Gasteiger partial charge on any atom is -0.378 e. The number of carbonyl (C=O) groups excluding carboxylic acids is 1. The van der Waals surface area contributed by atoms with Gasteiger partial charge in [-0.15, -0.1) is 0 Å². The first-order valence-electron chi connectivity index (χ1n) is 12.4. The maximum Gasteiger partial charge on any atom is 0.165 e. The van der Waals surface area contributed by atoms with Crippen molar-refractivity contribution in [3.8, 4) is 0 Å². The molecule has 0 aliphatic heterocycles. The van der Waals surface area contributed by atoms with Gasteiger partial charge in [-0.2, -0.15) is 0 Å². The third-order valence-electron chi connectivity index (χ3n) is 9.97. The molecule has 6 atom stereocenters. The summed E-state index contributed by atoms with van der Waals surface area (Å²) in [6, 6.07) is 8.64. The van der Waals surface area contributed by atoms with Gasteiger partial charge in [0.25, 0.3) is 0 Å². The molecule has 0 saturated heterocycles. The van der Waals surface area contributed by atoms with Crippen LogP contribution in [-0.4, -0.2) is 19.9 Å². The molecule has 1 aromatic carbocycles. The number of Topliss-reactive ketones (excluding diaryl/α,β-unsaturated/α-hetero) is 1. The molecule has 0 heterocycles. The first kappa shape index (κ1) is 20.3. The minimum absolute atomic E-state index is 0.117. The Hall–Kier alpha value is -1.57. The van der Waals surface area contributed by atoms with Crippen LogP contribution in [0.15, 0.2) is 29.8 Å². The number of hydrogen-bond donors (Lipinski definition) is 0. The smallest absolute Gasteiger partial charge is 0.165 e. The van der Waals surface area contributed by atoms with E-state index in [2.05, 4.69) is 63.2 Å². The lowest BCUT2D eigenvalue weighted by Gasteiger charge is -2.59. The first-order chi connectivity index (χ1) is 14.3. The largest absolute Gasteiger partial charge is 0.378 e. The fraction of sp³-hybridized carbons (Fsp3) is 0.679. The Morgan fingerprint density at radius 1 is 0.933 bits per heavy atom. The molecule has 0 radical (unpaired) electrons. The van der Waals surface area contributed by atoms with Crippen molar-refractivity contribution in [1.29, 1.82) is 0 Å². The molecule has 2 nitrogen and oxygen atoms in total. The third-order valence-corrected chi connectivity index (χ3v) is 9.97. The second-order valence-electron chi connectivity index (χ2n) is 11.5. The fourth-order valence-electron chi connectivity index (χ4n) is 8.16. The number of nitrogens with zero attached hydrogens (tertiary/aromatic N) is 1. The van der Waals surface area contributed by atoms with E-state index in [1.807, 2.05) is 0 Å². The second-order valence-corrected chi connectivity index (χ2v) is 11.5. The summed E-state index contributed by atoms with van der Waals surface area (Å²) in [5.74, 6) is 3.57. The van der Waals surface area contributed by atoms with Crippen LogP contribution < -0.4 is 4.90 Å². The highest BCUT2D eigenvalue weighted by Crippen LogP contribution is 2.66. The number of allylic oxidation sites excluding steroid dienone is 1. The van der Waals surface area contributed by atoms with Gasteiger partial charge in [-0.1, -0.05) is 38.8 Å². The second kappa shape index (κ2) is 7.24. The Kier molecular flexibility index (Phi) is 4.91. The molecule has 2 heteroatoms. The summed E-state index contributed by atoms with van der Waals surface area (Å²) in [4.78, 5) is 15.7. The topological polar surface area (TPSA) is 20.3 Å². The highest BCUT2D eigenvalue weighted by atomic mass is 16.1. The van der Waals surface area contributed by atoms with Crippen molar-refractivity contribution in [2.45, 2.75) is 71.6 Å². The minimum atomic E-state index is -0.117. The molecule has 0 N–H and O–H groups in total. The van der Waals surface area contributed by atoms with Crippen LogP contribution in [0, 0.1) is 34.5 Å². The van der Waals surface area contributed by atoms with Gasteiger partial charge in [-0.05, 0) is 103 Å². The van der Waals surface area contributed by atoms with E-state index in [9.17, 15) is 4.79 Å². The first-order valence-corrected chi connectivity index (χ1v) is 12.4. The number of hydrogen-bond acceptors (Lipinski definition) is 2. The quantitative estimate of drug-likeness (QED) is 0.507. The molecule has 4 aliphatic rings. The van der Waals surface area contributed by atoms with E-state index in [0.29, 0.717) is 17.1 Å². The van der Waals surface area contributed by atoms with Crippen molar-refractivity contribution in [1.82, 2.24) is 0 Å². The molecule has 1 aromatic rings. The van der Waals surface area contributed by atoms with Crippen molar-refractivity contribution in [3.63, 3.8) is 0 Å². The van der Waals surface area contributed by atoms with Crippen LogP contribution in [0.4, 0.5) is 5.69 Å². The molecular weight excluding hydrogens is 366 g/mol. The van der Waals surface area contributed by atoms with Crippen LogP contribution >= 0.6 is 0 Å². The van der Waals surface area contributed by atoms with Gasteiger partial charge in [0.1, 0.15) is 0 Å². The summed E-state index contributed by atoms with van der Waals surface area (Å²) in [5, 5.41) is 0. The average molecular weight is 406 g/mol. The molecule has 4 aliphatic carbocycles. The zero-order valence-electron chi connectivity index (χ0n) is 19.4. The maximum absolute atomic E-state index is 13.6. The van der Waals surface area contributed by atoms with Crippen molar-refractivity contribution in [2.75, 3.05) is 19.0 Å². The molecule has 4 saturated carbocycles. The molecule has 0 bridgehead atoms. The van der Waals surface area contributed by atoms with Crippen LogP contribution in [0.1, 0.15) is 77.2 Å². The summed E-state index contributed by atoms with van der Waals surface area (Å²) < 4.78 is 0. The van der Waals surface area contributed by atoms with Gasteiger partial charge in [0, 0.05) is 25.2 Å². The molecule has 5 rings (SSSR count). The van der Waals surface area contributed by atoms with Gasteiger partial charge in [-0.25, -0.2) is 0 Å². The van der Waals surface area contributed by atoms with Gasteiger partial charge in [0.15, 0.2) is 5.78 Å². The Labute approximate surface area is 183 Å². The zero-order chi connectivity index (χ0) is 21.1. The SMILES string of the molecule is CN(C)c1ccc(/C=C2\C[C@@H]3[C@@H]4CC[C@H]5CCCC[C@]5(C)[C@@H]4CC[C@]3(C)C2=O)cc1. The predicted molar refractivity (Wildman–Crippen MR) is 125 cm³/mol. The van der Waals surface area contributed by atoms with Crippen LogP contribution in [-0.2, 0) is 4.79 Å². The predicted octanol–water partition coefficient (Wildman–Crippen LogP) is 6.75. The van der Waals surface area contributed by atoms with E-state index in [-0.39, 0.29) is 5.41 Å². The zero-order valence-corrected chi connectivity index (χ0v) is 19.4. The maximum atomic E-state index is 13.6. The van der Waals surface area contributed by atoms with Gasteiger partial charge in [0.2, 0.25) is 0 Å². The molecule has 0 aromatic heterocycles.